The standard InChI is InChI=1S/C35H39FN4O3Si/c1-25(34(37)41)38-24-33-39-31-20-19-28(43-27-17-15-26(36)16-18-27)23-32(31)40(33)22-10-21-35(2,3)44(42,29-11-6-4-7-12-29)30-13-8-5-9-14-30/h4-9,11-20,23,25,38,42H,10,21-22,24H2,1-3H3,(H2,37,41)/t25-/m0/s1. The van der Waals surface area contributed by atoms with Crippen molar-refractivity contribution in [2.75, 3.05) is 0 Å². The number of amides is 1. The van der Waals surface area contributed by atoms with Crippen molar-refractivity contribution in [1.82, 2.24) is 14.9 Å². The highest BCUT2D eigenvalue weighted by atomic mass is 28.4. The predicted molar refractivity (Wildman–Crippen MR) is 175 cm³/mol. The molecule has 44 heavy (non-hydrogen) atoms. The Labute approximate surface area is 258 Å². The molecular weight excluding hydrogens is 571 g/mol. The van der Waals surface area contributed by atoms with Gasteiger partial charge in [-0.2, -0.15) is 0 Å². The summed E-state index contributed by atoms with van der Waals surface area (Å²) in [5.41, 5.74) is 7.16. The molecule has 9 heteroatoms. The van der Waals surface area contributed by atoms with Gasteiger partial charge >= 0.3 is 0 Å². The van der Waals surface area contributed by atoms with Crippen LogP contribution in [0.3, 0.4) is 0 Å². The molecular formula is C35H39FN4O3Si. The van der Waals surface area contributed by atoms with Crippen LogP contribution >= 0.6 is 0 Å². The van der Waals surface area contributed by atoms with Gasteiger partial charge in [-0.15, -0.1) is 0 Å². The average molecular weight is 611 g/mol. The number of nitrogens with two attached hydrogens (primary N) is 1. The first kappa shape index (κ1) is 31.1. The Bertz CT molecular complexity index is 1670. The minimum Gasteiger partial charge on any atom is -0.457 e. The van der Waals surface area contributed by atoms with Crippen molar-refractivity contribution in [3.05, 3.63) is 115 Å². The average Bonchev–Trinajstić information content (AvgIpc) is 3.37. The van der Waals surface area contributed by atoms with E-state index in [0.717, 1.165) is 40.1 Å². The number of rotatable bonds is 13. The lowest BCUT2D eigenvalue weighted by Gasteiger charge is -2.41. The lowest BCUT2D eigenvalue weighted by Crippen LogP contribution is -2.65. The minimum absolute atomic E-state index is 0.328. The van der Waals surface area contributed by atoms with Crippen LogP contribution in [-0.2, 0) is 17.9 Å². The van der Waals surface area contributed by atoms with Crippen LogP contribution in [0.5, 0.6) is 11.5 Å². The van der Waals surface area contributed by atoms with Crippen molar-refractivity contribution in [3.8, 4) is 11.5 Å². The van der Waals surface area contributed by atoms with E-state index in [1.807, 2.05) is 78.9 Å². The normalized spacial score (nSPS) is 12.8. The predicted octanol–water partition coefficient (Wildman–Crippen LogP) is 5.24. The Morgan fingerprint density at radius 1 is 0.977 bits per heavy atom. The van der Waals surface area contributed by atoms with Crippen molar-refractivity contribution in [3.63, 3.8) is 0 Å². The van der Waals surface area contributed by atoms with Gasteiger partial charge in [0.15, 0.2) is 0 Å². The molecule has 7 nitrogen and oxygen atoms in total. The van der Waals surface area contributed by atoms with Crippen LogP contribution in [-0.4, -0.2) is 34.6 Å². The Kier molecular flexibility index (Phi) is 9.29. The number of carbonyl (C=O) groups is 1. The molecule has 1 amide bonds. The molecule has 0 saturated carbocycles. The Hall–Kier alpha value is -4.31. The zero-order valence-electron chi connectivity index (χ0n) is 25.3. The highest BCUT2D eigenvalue weighted by molar-refractivity contribution is 6.98. The number of nitrogens with one attached hydrogen (secondary N) is 1. The molecule has 0 bridgehead atoms. The number of carbonyl (C=O) groups excluding carboxylic acids is 1. The maximum atomic E-state index is 13.4. The molecule has 0 unspecified atom stereocenters. The third-order valence-corrected chi connectivity index (χ3v) is 12.9. The fourth-order valence-corrected chi connectivity index (χ4v) is 9.54. The first-order valence-corrected chi connectivity index (χ1v) is 16.8. The number of benzene rings is 4. The number of ether oxygens (including phenoxy) is 1. The number of halogens is 1. The maximum Gasteiger partial charge on any atom is 0.258 e. The summed E-state index contributed by atoms with van der Waals surface area (Å²) in [4.78, 5) is 29.1. The topological polar surface area (TPSA) is 102 Å². The first-order valence-electron chi connectivity index (χ1n) is 14.9. The summed E-state index contributed by atoms with van der Waals surface area (Å²) < 4.78 is 21.6. The summed E-state index contributed by atoms with van der Waals surface area (Å²) >= 11 is 0. The fourth-order valence-electron chi connectivity index (χ4n) is 5.75. The van der Waals surface area contributed by atoms with Crippen LogP contribution in [0.1, 0.15) is 39.4 Å². The second kappa shape index (κ2) is 13.1. The second-order valence-electron chi connectivity index (χ2n) is 11.8. The number of hydrogen-bond donors (Lipinski definition) is 3. The lowest BCUT2D eigenvalue weighted by molar-refractivity contribution is -0.119. The van der Waals surface area contributed by atoms with Gasteiger partial charge in [-0.25, -0.2) is 9.37 Å². The van der Waals surface area contributed by atoms with Crippen molar-refractivity contribution in [1.29, 1.82) is 0 Å². The van der Waals surface area contributed by atoms with E-state index in [1.54, 1.807) is 19.1 Å². The molecule has 4 aromatic carbocycles. The largest absolute Gasteiger partial charge is 0.457 e. The van der Waals surface area contributed by atoms with Crippen LogP contribution in [0, 0.1) is 5.82 Å². The van der Waals surface area contributed by atoms with E-state index in [2.05, 4.69) is 23.7 Å². The van der Waals surface area contributed by atoms with Crippen molar-refractivity contribution < 1.29 is 18.7 Å². The lowest BCUT2D eigenvalue weighted by atomic mass is 10.1. The fraction of sp³-hybridized carbons (Fsp3) is 0.257. The highest BCUT2D eigenvalue weighted by Crippen LogP contribution is 2.40. The molecule has 0 aliphatic carbocycles. The molecule has 228 valence electrons. The first-order chi connectivity index (χ1) is 21.1. The molecule has 1 heterocycles. The molecule has 0 saturated heterocycles. The van der Waals surface area contributed by atoms with Crippen molar-refractivity contribution in [2.45, 2.75) is 57.8 Å². The molecule has 1 aromatic heterocycles. The number of primary amides is 1. The summed E-state index contributed by atoms with van der Waals surface area (Å²) in [5, 5.41) is 4.74. The van der Waals surface area contributed by atoms with Gasteiger partial charge in [0, 0.05) is 12.6 Å². The van der Waals surface area contributed by atoms with Crippen molar-refractivity contribution >= 4 is 35.6 Å². The number of aromatic nitrogens is 2. The molecule has 1 atom stereocenters. The third kappa shape index (κ3) is 6.60. The maximum absolute atomic E-state index is 13.4. The Morgan fingerprint density at radius 3 is 2.16 bits per heavy atom. The smallest absolute Gasteiger partial charge is 0.258 e. The third-order valence-electron chi connectivity index (χ3n) is 8.39. The van der Waals surface area contributed by atoms with Gasteiger partial charge in [0.25, 0.3) is 8.32 Å². The number of fused-ring (bicyclic) bond motifs is 1. The summed E-state index contributed by atoms with van der Waals surface area (Å²) in [6, 6.07) is 31.1. The van der Waals surface area contributed by atoms with Crippen LogP contribution in [0.4, 0.5) is 4.39 Å². The van der Waals surface area contributed by atoms with Gasteiger partial charge in [-0.05, 0) is 71.6 Å². The SMILES string of the molecule is C[C@H](NCc1nc2ccc(Oc3ccc(F)cc3)cc2n1CCCC(C)(C)[Si](O)(c1ccccc1)c1ccccc1)C(N)=O. The van der Waals surface area contributed by atoms with Crippen LogP contribution in [0.2, 0.25) is 5.04 Å². The zero-order valence-corrected chi connectivity index (χ0v) is 26.3. The van der Waals surface area contributed by atoms with Gasteiger partial charge < -0.3 is 19.8 Å². The summed E-state index contributed by atoms with van der Waals surface area (Å²) in [5.74, 6) is 1.14. The second-order valence-corrected chi connectivity index (χ2v) is 15.8. The van der Waals surface area contributed by atoms with Gasteiger partial charge in [0.1, 0.15) is 23.1 Å². The Morgan fingerprint density at radius 2 is 1.57 bits per heavy atom. The minimum atomic E-state index is -3.15. The molecule has 5 rings (SSSR count). The van der Waals surface area contributed by atoms with E-state index in [0.29, 0.717) is 24.6 Å². The monoisotopic (exact) mass is 610 g/mol. The van der Waals surface area contributed by atoms with Gasteiger partial charge in [0.05, 0.1) is 23.6 Å². The Balaban J connectivity index is 1.44. The molecule has 0 radical (unpaired) electrons. The van der Waals surface area contributed by atoms with Crippen LogP contribution in [0.25, 0.3) is 11.0 Å². The number of aryl methyl sites for hydroxylation is 1. The summed E-state index contributed by atoms with van der Waals surface area (Å²) in [7, 11) is -3.15. The molecule has 5 aromatic rings. The molecule has 0 fully saturated rings. The van der Waals surface area contributed by atoms with E-state index >= 15 is 0 Å². The van der Waals surface area contributed by atoms with E-state index in [9.17, 15) is 14.0 Å². The molecule has 0 aliphatic rings. The van der Waals surface area contributed by atoms with Crippen LogP contribution in [0.15, 0.2) is 103 Å². The highest BCUT2D eigenvalue weighted by Gasteiger charge is 2.49. The van der Waals surface area contributed by atoms with Gasteiger partial charge in [0.2, 0.25) is 5.91 Å². The zero-order chi connectivity index (χ0) is 31.3. The summed E-state index contributed by atoms with van der Waals surface area (Å²) in [6.07, 6.45) is 1.53. The summed E-state index contributed by atoms with van der Waals surface area (Å²) in [6.45, 7) is 7.04. The van der Waals surface area contributed by atoms with Crippen molar-refractivity contribution in [2.24, 2.45) is 5.73 Å². The quantitative estimate of drug-likeness (QED) is 0.158. The van der Waals surface area contributed by atoms with Gasteiger partial charge in [-0.1, -0.05) is 74.5 Å². The van der Waals surface area contributed by atoms with E-state index < -0.39 is 25.3 Å². The van der Waals surface area contributed by atoms with E-state index in [-0.39, 0.29) is 5.82 Å². The molecule has 0 aliphatic heterocycles. The number of imidazole rings is 1. The number of hydrogen-bond acceptors (Lipinski definition) is 5. The molecule has 0 spiro atoms. The van der Waals surface area contributed by atoms with E-state index in [4.69, 9.17) is 15.5 Å². The van der Waals surface area contributed by atoms with E-state index in [1.165, 1.54) is 12.1 Å². The van der Waals surface area contributed by atoms with Crippen LogP contribution < -0.4 is 26.2 Å². The van der Waals surface area contributed by atoms with Gasteiger partial charge in [-0.3, -0.25) is 10.1 Å². The number of nitrogens with zero attached hydrogens (tertiary/aromatic N) is 2. The molecule has 4 N–H and O–H groups in total.